The van der Waals surface area contributed by atoms with Gasteiger partial charge < -0.3 is 15.3 Å². The SMILES string of the molecule is CC[C@H](C)[C@H](NC(=O)N1CC(C)CCC1C)C(=O)O. The minimum absolute atomic E-state index is 0.0704. The van der Waals surface area contributed by atoms with Gasteiger partial charge in [-0.2, -0.15) is 0 Å². The van der Waals surface area contributed by atoms with E-state index in [0.29, 0.717) is 12.5 Å². The van der Waals surface area contributed by atoms with E-state index in [1.54, 1.807) is 4.90 Å². The van der Waals surface area contributed by atoms with Crippen LogP contribution in [0.4, 0.5) is 4.79 Å². The number of urea groups is 1. The van der Waals surface area contributed by atoms with Crippen LogP contribution in [0.25, 0.3) is 0 Å². The van der Waals surface area contributed by atoms with Gasteiger partial charge in [0.25, 0.3) is 0 Å². The molecule has 1 aliphatic heterocycles. The number of hydrogen-bond donors (Lipinski definition) is 2. The number of amides is 2. The topological polar surface area (TPSA) is 69.6 Å². The fraction of sp³-hybridized carbons (Fsp3) is 0.857. The van der Waals surface area contributed by atoms with Crippen LogP contribution < -0.4 is 5.32 Å². The van der Waals surface area contributed by atoms with Gasteiger partial charge in [-0.25, -0.2) is 9.59 Å². The van der Waals surface area contributed by atoms with E-state index < -0.39 is 12.0 Å². The summed E-state index contributed by atoms with van der Waals surface area (Å²) in [4.78, 5) is 25.2. The summed E-state index contributed by atoms with van der Waals surface area (Å²) in [6.45, 7) is 8.62. The van der Waals surface area contributed by atoms with Crippen LogP contribution in [0.5, 0.6) is 0 Å². The van der Waals surface area contributed by atoms with Gasteiger partial charge in [-0.05, 0) is 31.6 Å². The largest absolute Gasteiger partial charge is 0.480 e. The van der Waals surface area contributed by atoms with Crippen molar-refractivity contribution in [3.63, 3.8) is 0 Å². The first-order valence-electron chi connectivity index (χ1n) is 7.16. The fourth-order valence-corrected chi connectivity index (χ4v) is 2.47. The van der Waals surface area contributed by atoms with E-state index in [0.717, 1.165) is 19.3 Å². The highest BCUT2D eigenvalue weighted by molar-refractivity contribution is 5.83. The molecule has 1 fully saturated rings. The van der Waals surface area contributed by atoms with Crippen molar-refractivity contribution in [2.24, 2.45) is 11.8 Å². The van der Waals surface area contributed by atoms with Crippen molar-refractivity contribution in [1.29, 1.82) is 0 Å². The molecular formula is C14H26N2O3. The second kappa shape index (κ2) is 6.78. The summed E-state index contributed by atoms with van der Waals surface area (Å²) in [5.41, 5.74) is 0. The molecule has 2 amide bonds. The summed E-state index contributed by atoms with van der Waals surface area (Å²) in [7, 11) is 0. The van der Waals surface area contributed by atoms with Gasteiger partial charge in [0.05, 0.1) is 0 Å². The molecule has 1 rings (SSSR count). The summed E-state index contributed by atoms with van der Waals surface area (Å²) >= 11 is 0. The zero-order valence-corrected chi connectivity index (χ0v) is 12.3. The molecule has 19 heavy (non-hydrogen) atoms. The number of piperidine rings is 1. The molecule has 1 aliphatic rings. The highest BCUT2D eigenvalue weighted by Gasteiger charge is 2.31. The Hall–Kier alpha value is -1.26. The average molecular weight is 270 g/mol. The smallest absolute Gasteiger partial charge is 0.326 e. The third-order valence-electron chi connectivity index (χ3n) is 4.14. The van der Waals surface area contributed by atoms with Gasteiger partial charge in [0, 0.05) is 12.6 Å². The Bertz CT molecular complexity index is 333. The average Bonchev–Trinajstić information content (AvgIpc) is 2.37. The molecule has 0 aromatic carbocycles. The lowest BCUT2D eigenvalue weighted by Crippen LogP contribution is -2.55. The van der Waals surface area contributed by atoms with Crippen LogP contribution in [0.2, 0.25) is 0 Å². The molecule has 2 N–H and O–H groups in total. The number of nitrogens with zero attached hydrogens (tertiary/aromatic N) is 1. The summed E-state index contributed by atoms with van der Waals surface area (Å²) in [6.07, 6.45) is 2.83. The zero-order valence-electron chi connectivity index (χ0n) is 12.3. The van der Waals surface area contributed by atoms with Crippen LogP contribution in [0.15, 0.2) is 0 Å². The summed E-state index contributed by atoms with van der Waals surface area (Å²) in [5.74, 6) is -0.548. The molecule has 1 saturated heterocycles. The molecule has 5 nitrogen and oxygen atoms in total. The zero-order chi connectivity index (χ0) is 14.6. The number of nitrogens with one attached hydrogen (secondary N) is 1. The third-order valence-corrected chi connectivity index (χ3v) is 4.14. The molecule has 1 heterocycles. The molecule has 0 aromatic rings. The molecule has 0 aliphatic carbocycles. The number of aliphatic carboxylic acids is 1. The lowest BCUT2D eigenvalue weighted by atomic mass is 9.95. The maximum absolute atomic E-state index is 12.2. The monoisotopic (exact) mass is 270 g/mol. The number of carboxylic acids is 1. The first-order chi connectivity index (χ1) is 8.86. The van der Waals surface area contributed by atoms with Crippen molar-refractivity contribution >= 4 is 12.0 Å². The maximum atomic E-state index is 12.2. The van der Waals surface area contributed by atoms with Crippen molar-refractivity contribution in [3.8, 4) is 0 Å². The van der Waals surface area contributed by atoms with Crippen LogP contribution in [0, 0.1) is 11.8 Å². The molecule has 0 bridgehead atoms. The number of carbonyl (C=O) groups excluding carboxylic acids is 1. The van der Waals surface area contributed by atoms with E-state index in [2.05, 4.69) is 12.2 Å². The van der Waals surface area contributed by atoms with Gasteiger partial charge in [-0.1, -0.05) is 27.2 Å². The van der Waals surface area contributed by atoms with Gasteiger partial charge in [0.15, 0.2) is 0 Å². The Morgan fingerprint density at radius 1 is 1.37 bits per heavy atom. The van der Waals surface area contributed by atoms with E-state index in [4.69, 9.17) is 0 Å². The second-order valence-electron chi connectivity index (χ2n) is 5.83. The van der Waals surface area contributed by atoms with E-state index in [9.17, 15) is 14.7 Å². The van der Waals surface area contributed by atoms with Crippen molar-refractivity contribution in [2.75, 3.05) is 6.54 Å². The van der Waals surface area contributed by atoms with Crippen molar-refractivity contribution in [2.45, 2.75) is 59.0 Å². The third kappa shape index (κ3) is 4.11. The number of hydrogen-bond acceptors (Lipinski definition) is 2. The lowest BCUT2D eigenvalue weighted by molar-refractivity contribution is -0.140. The van der Waals surface area contributed by atoms with E-state index in [-0.39, 0.29) is 18.0 Å². The predicted molar refractivity (Wildman–Crippen MR) is 74.0 cm³/mol. The van der Waals surface area contributed by atoms with Gasteiger partial charge >= 0.3 is 12.0 Å². The Morgan fingerprint density at radius 3 is 2.53 bits per heavy atom. The summed E-state index contributed by atoms with van der Waals surface area (Å²) in [5, 5.41) is 11.9. The molecule has 110 valence electrons. The molecular weight excluding hydrogens is 244 g/mol. The van der Waals surface area contributed by atoms with Crippen LogP contribution in [0.1, 0.15) is 47.0 Å². The first kappa shape index (κ1) is 15.8. The van der Waals surface area contributed by atoms with Crippen LogP contribution >= 0.6 is 0 Å². The Labute approximate surface area is 115 Å². The molecule has 0 aromatic heterocycles. The minimum atomic E-state index is -0.958. The van der Waals surface area contributed by atoms with Crippen LogP contribution in [0.3, 0.4) is 0 Å². The van der Waals surface area contributed by atoms with Crippen LogP contribution in [-0.2, 0) is 4.79 Å². The number of carbonyl (C=O) groups is 2. The van der Waals surface area contributed by atoms with E-state index in [1.165, 1.54) is 0 Å². The molecule has 4 atom stereocenters. The molecule has 0 radical (unpaired) electrons. The lowest BCUT2D eigenvalue weighted by Gasteiger charge is -2.37. The fourth-order valence-electron chi connectivity index (χ4n) is 2.47. The molecule has 5 heteroatoms. The highest BCUT2D eigenvalue weighted by Crippen LogP contribution is 2.21. The summed E-state index contributed by atoms with van der Waals surface area (Å²) < 4.78 is 0. The van der Waals surface area contributed by atoms with Gasteiger partial charge in [0.1, 0.15) is 6.04 Å². The second-order valence-corrected chi connectivity index (χ2v) is 5.83. The quantitative estimate of drug-likeness (QED) is 0.823. The van der Waals surface area contributed by atoms with Gasteiger partial charge in [-0.15, -0.1) is 0 Å². The normalized spacial score (nSPS) is 26.6. The Morgan fingerprint density at radius 2 is 2.00 bits per heavy atom. The van der Waals surface area contributed by atoms with Crippen molar-refractivity contribution in [1.82, 2.24) is 10.2 Å². The summed E-state index contributed by atoms with van der Waals surface area (Å²) in [6, 6.07) is -0.865. The van der Waals surface area contributed by atoms with Crippen molar-refractivity contribution < 1.29 is 14.7 Å². The standard InChI is InChI=1S/C14H26N2O3/c1-5-10(3)12(13(17)18)15-14(19)16-8-9(2)6-7-11(16)4/h9-12H,5-8H2,1-4H3,(H,15,19)(H,17,18)/t9?,10-,11?,12-/m0/s1. The minimum Gasteiger partial charge on any atom is -0.480 e. The molecule has 0 spiro atoms. The maximum Gasteiger partial charge on any atom is 0.326 e. The predicted octanol–water partition coefficient (Wildman–Crippen LogP) is 2.32. The highest BCUT2D eigenvalue weighted by atomic mass is 16.4. The number of rotatable bonds is 4. The first-order valence-corrected chi connectivity index (χ1v) is 7.16. The number of likely N-dealkylation sites (tertiary alicyclic amines) is 1. The van der Waals surface area contributed by atoms with Crippen LogP contribution in [-0.4, -0.2) is 40.6 Å². The molecule has 2 unspecified atom stereocenters. The van der Waals surface area contributed by atoms with E-state index >= 15 is 0 Å². The van der Waals surface area contributed by atoms with Gasteiger partial charge in [-0.3, -0.25) is 0 Å². The van der Waals surface area contributed by atoms with Crippen molar-refractivity contribution in [3.05, 3.63) is 0 Å². The molecule has 0 saturated carbocycles. The Balaban J connectivity index is 2.68. The van der Waals surface area contributed by atoms with E-state index in [1.807, 2.05) is 20.8 Å². The number of carboxylic acid groups (broad SMARTS) is 1. The Kier molecular flexibility index (Phi) is 5.63. The van der Waals surface area contributed by atoms with Gasteiger partial charge in [0.2, 0.25) is 0 Å².